The largest absolute Gasteiger partial charge is 0.496 e. The second-order valence-corrected chi connectivity index (χ2v) is 7.03. The Kier molecular flexibility index (Phi) is 6.17. The lowest BCUT2D eigenvalue weighted by molar-refractivity contribution is 0.281. The summed E-state index contributed by atoms with van der Waals surface area (Å²) in [5.41, 5.74) is 1.01. The van der Waals surface area contributed by atoms with Crippen LogP contribution in [-0.2, 0) is 16.6 Å². The molecule has 0 radical (unpaired) electrons. The monoisotopic (exact) mass is 373 g/mol. The first-order valence-electron chi connectivity index (χ1n) is 7.07. The molecule has 0 bridgehead atoms. The molecule has 0 saturated heterocycles. The van der Waals surface area contributed by atoms with E-state index in [0.29, 0.717) is 16.9 Å². The van der Waals surface area contributed by atoms with Crippen LogP contribution in [0.1, 0.15) is 5.56 Å². The standard InChI is InChI=1S/C16H17ClFNO4S/c1-23-15-4-2-3-11(10-20)16(15)13-6-5-12(9-14(13)18)24(21,22)19-8-7-17/h2-6,9,19-20H,7-8,10H2,1H3. The Balaban J connectivity index is 2.53. The van der Waals surface area contributed by atoms with Gasteiger partial charge in [0.1, 0.15) is 11.6 Å². The molecule has 0 aliphatic rings. The third kappa shape index (κ3) is 3.87. The van der Waals surface area contributed by atoms with Gasteiger partial charge in [-0.2, -0.15) is 0 Å². The van der Waals surface area contributed by atoms with Crippen molar-refractivity contribution in [3.05, 3.63) is 47.8 Å². The summed E-state index contributed by atoms with van der Waals surface area (Å²) in [7, 11) is -2.39. The maximum absolute atomic E-state index is 14.6. The lowest BCUT2D eigenvalue weighted by atomic mass is 9.98. The summed E-state index contributed by atoms with van der Waals surface area (Å²) in [6.07, 6.45) is 0. The highest BCUT2D eigenvalue weighted by molar-refractivity contribution is 7.89. The van der Waals surface area contributed by atoms with Gasteiger partial charge in [-0.15, -0.1) is 11.6 Å². The van der Waals surface area contributed by atoms with E-state index in [1.807, 2.05) is 0 Å². The second kappa shape index (κ2) is 7.94. The van der Waals surface area contributed by atoms with Crippen LogP contribution in [0.5, 0.6) is 5.75 Å². The van der Waals surface area contributed by atoms with Gasteiger partial charge in [-0.3, -0.25) is 0 Å². The molecule has 5 nitrogen and oxygen atoms in total. The molecule has 0 amide bonds. The maximum Gasteiger partial charge on any atom is 0.240 e. The number of nitrogens with one attached hydrogen (secondary N) is 1. The van der Waals surface area contributed by atoms with E-state index in [0.717, 1.165) is 6.07 Å². The Morgan fingerprint density at radius 3 is 2.62 bits per heavy atom. The number of rotatable bonds is 7. The molecule has 2 rings (SSSR count). The zero-order valence-electron chi connectivity index (χ0n) is 12.9. The molecule has 2 N–H and O–H groups in total. The molecule has 0 heterocycles. The van der Waals surface area contributed by atoms with E-state index in [1.165, 1.54) is 19.2 Å². The molecule has 0 atom stereocenters. The van der Waals surface area contributed by atoms with Crippen LogP contribution in [0.2, 0.25) is 0 Å². The van der Waals surface area contributed by atoms with Crippen molar-refractivity contribution >= 4 is 21.6 Å². The summed E-state index contributed by atoms with van der Waals surface area (Å²) in [6, 6.07) is 8.54. The number of ether oxygens (including phenoxy) is 1. The van der Waals surface area contributed by atoms with Crippen molar-refractivity contribution in [3.63, 3.8) is 0 Å². The van der Waals surface area contributed by atoms with Gasteiger partial charge in [0, 0.05) is 23.6 Å². The minimum atomic E-state index is -3.83. The zero-order chi connectivity index (χ0) is 17.7. The van der Waals surface area contributed by atoms with Crippen LogP contribution in [0.15, 0.2) is 41.3 Å². The number of hydrogen-bond acceptors (Lipinski definition) is 4. The smallest absolute Gasteiger partial charge is 0.240 e. The average Bonchev–Trinajstić information content (AvgIpc) is 2.59. The average molecular weight is 374 g/mol. The summed E-state index contributed by atoms with van der Waals surface area (Å²) in [4.78, 5) is -0.200. The van der Waals surface area contributed by atoms with Gasteiger partial charge >= 0.3 is 0 Å². The summed E-state index contributed by atoms with van der Waals surface area (Å²) in [6.45, 7) is -0.252. The molecule has 0 unspecified atom stereocenters. The molecule has 0 fully saturated rings. The quantitative estimate of drug-likeness (QED) is 0.731. The van der Waals surface area contributed by atoms with Crippen molar-refractivity contribution < 1.29 is 22.7 Å². The van der Waals surface area contributed by atoms with Gasteiger partial charge in [-0.25, -0.2) is 17.5 Å². The summed E-state index contributed by atoms with van der Waals surface area (Å²) in [5.74, 6) is -0.236. The van der Waals surface area contributed by atoms with Crippen molar-refractivity contribution in [1.29, 1.82) is 0 Å². The molecular formula is C16H17ClFNO4S. The zero-order valence-corrected chi connectivity index (χ0v) is 14.5. The molecule has 0 aromatic heterocycles. The molecule has 0 saturated carbocycles. The number of sulfonamides is 1. The van der Waals surface area contributed by atoms with Crippen molar-refractivity contribution in [3.8, 4) is 16.9 Å². The molecule has 8 heteroatoms. The Bertz CT molecular complexity index is 805. The van der Waals surface area contributed by atoms with E-state index < -0.39 is 15.8 Å². The Labute approximate surface area is 145 Å². The van der Waals surface area contributed by atoms with Gasteiger partial charge in [-0.1, -0.05) is 12.1 Å². The van der Waals surface area contributed by atoms with Crippen molar-refractivity contribution in [2.75, 3.05) is 19.5 Å². The van der Waals surface area contributed by atoms with Crippen LogP contribution in [-0.4, -0.2) is 33.1 Å². The number of methoxy groups -OCH3 is 1. The number of aliphatic hydroxyl groups excluding tert-OH is 1. The molecule has 130 valence electrons. The van der Waals surface area contributed by atoms with Crippen molar-refractivity contribution in [1.82, 2.24) is 4.72 Å². The fraction of sp³-hybridized carbons (Fsp3) is 0.250. The van der Waals surface area contributed by atoms with Crippen LogP contribution in [0.4, 0.5) is 4.39 Å². The topological polar surface area (TPSA) is 75.6 Å². The first-order valence-corrected chi connectivity index (χ1v) is 9.08. The molecule has 2 aromatic carbocycles. The van der Waals surface area contributed by atoms with Crippen LogP contribution < -0.4 is 9.46 Å². The third-order valence-electron chi connectivity index (χ3n) is 3.41. The summed E-state index contributed by atoms with van der Waals surface area (Å²) in [5, 5.41) is 9.48. The first-order chi connectivity index (χ1) is 11.4. The number of halogens is 2. The molecule has 2 aromatic rings. The Morgan fingerprint density at radius 2 is 2.04 bits per heavy atom. The van der Waals surface area contributed by atoms with Crippen LogP contribution >= 0.6 is 11.6 Å². The third-order valence-corrected chi connectivity index (χ3v) is 5.06. The highest BCUT2D eigenvalue weighted by atomic mass is 35.5. The number of hydrogen-bond donors (Lipinski definition) is 2. The molecule has 0 aliphatic carbocycles. The van der Waals surface area contributed by atoms with Gasteiger partial charge in [0.25, 0.3) is 0 Å². The lowest BCUT2D eigenvalue weighted by Gasteiger charge is -2.14. The SMILES string of the molecule is COc1cccc(CO)c1-c1ccc(S(=O)(=O)NCCCl)cc1F. The van der Waals surface area contributed by atoms with E-state index in [-0.39, 0.29) is 29.5 Å². The van der Waals surface area contributed by atoms with Gasteiger partial charge in [0.05, 0.1) is 18.6 Å². The fourth-order valence-electron chi connectivity index (χ4n) is 2.31. The number of benzene rings is 2. The van der Waals surface area contributed by atoms with Gasteiger partial charge in [0.2, 0.25) is 10.0 Å². The van der Waals surface area contributed by atoms with E-state index in [9.17, 15) is 17.9 Å². The highest BCUT2D eigenvalue weighted by Gasteiger charge is 2.19. The van der Waals surface area contributed by atoms with Gasteiger partial charge < -0.3 is 9.84 Å². The van der Waals surface area contributed by atoms with Crippen LogP contribution in [0.25, 0.3) is 11.1 Å². The summed E-state index contributed by atoms with van der Waals surface area (Å²) < 4.78 is 46.1. The Morgan fingerprint density at radius 1 is 1.29 bits per heavy atom. The molecular weight excluding hydrogens is 357 g/mol. The van der Waals surface area contributed by atoms with Crippen LogP contribution in [0.3, 0.4) is 0 Å². The fourth-order valence-corrected chi connectivity index (χ4v) is 3.56. The Hall–Kier alpha value is -1.67. The first kappa shape index (κ1) is 18.7. The lowest BCUT2D eigenvalue weighted by Crippen LogP contribution is -2.25. The minimum Gasteiger partial charge on any atom is -0.496 e. The van der Waals surface area contributed by atoms with E-state index >= 15 is 0 Å². The van der Waals surface area contributed by atoms with E-state index in [2.05, 4.69) is 4.72 Å². The van der Waals surface area contributed by atoms with Crippen LogP contribution in [0, 0.1) is 5.82 Å². The van der Waals surface area contributed by atoms with E-state index in [4.69, 9.17) is 16.3 Å². The molecule has 0 aliphatic heterocycles. The van der Waals surface area contributed by atoms with E-state index in [1.54, 1.807) is 18.2 Å². The van der Waals surface area contributed by atoms with Crippen molar-refractivity contribution in [2.24, 2.45) is 0 Å². The molecule has 0 spiro atoms. The van der Waals surface area contributed by atoms with Gasteiger partial charge in [0.15, 0.2) is 0 Å². The summed E-state index contributed by atoms with van der Waals surface area (Å²) >= 11 is 5.46. The second-order valence-electron chi connectivity index (χ2n) is 4.88. The number of aliphatic hydroxyl groups is 1. The highest BCUT2D eigenvalue weighted by Crippen LogP contribution is 2.35. The number of alkyl halides is 1. The van der Waals surface area contributed by atoms with Crippen molar-refractivity contribution in [2.45, 2.75) is 11.5 Å². The molecule has 24 heavy (non-hydrogen) atoms. The normalized spacial score (nSPS) is 11.5. The maximum atomic E-state index is 14.6. The van der Waals surface area contributed by atoms with Gasteiger partial charge in [-0.05, 0) is 29.8 Å². The minimum absolute atomic E-state index is 0.0500. The predicted molar refractivity (Wildman–Crippen MR) is 90.2 cm³/mol. The predicted octanol–water partition coefficient (Wildman–Crippen LogP) is 2.51.